The van der Waals surface area contributed by atoms with E-state index in [1.807, 2.05) is 30.3 Å². The van der Waals surface area contributed by atoms with Crippen LogP contribution in [0.3, 0.4) is 0 Å². The van der Waals surface area contributed by atoms with Crippen molar-refractivity contribution in [3.05, 3.63) is 59.2 Å². The zero-order valence-electron chi connectivity index (χ0n) is 15.6. The summed E-state index contributed by atoms with van der Waals surface area (Å²) in [5.41, 5.74) is 11.7. The summed E-state index contributed by atoms with van der Waals surface area (Å²) < 4.78 is 14.1. The lowest BCUT2D eigenvalue weighted by atomic mass is 9.76. The minimum absolute atomic E-state index is 0.270. The van der Waals surface area contributed by atoms with Crippen LogP contribution in [0.5, 0.6) is 0 Å². The minimum atomic E-state index is -0.514. The highest BCUT2D eigenvalue weighted by Gasteiger charge is 2.29. The van der Waals surface area contributed by atoms with Gasteiger partial charge in [0.25, 0.3) is 0 Å². The first-order chi connectivity index (χ1) is 12.9. The zero-order chi connectivity index (χ0) is 19.0. The van der Waals surface area contributed by atoms with E-state index >= 15 is 0 Å². The number of hydrogen-bond acceptors (Lipinski definition) is 4. The molecule has 0 aliphatic heterocycles. The van der Waals surface area contributed by atoms with Crippen LogP contribution in [0.15, 0.2) is 36.4 Å². The molecule has 0 atom stereocenters. The number of fused-ring (bicyclic) bond motifs is 1. The van der Waals surface area contributed by atoms with Gasteiger partial charge in [0, 0.05) is 35.1 Å². The number of rotatable bonds is 4. The van der Waals surface area contributed by atoms with Gasteiger partial charge in [-0.15, -0.1) is 0 Å². The van der Waals surface area contributed by atoms with Gasteiger partial charge in [0.2, 0.25) is 5.95 Å². The monoisotopic (exact) mass is 365 g/mol. The van der Waals surface area contributed by atoms with Crippen LogP contribution < -0.4 is 11.1 Å². The summed E-state index contributed by atoms with van der Waals surface area (Å²) in [5, 5.41) is 10.8. The molecule has 0 spiro atoms. The Morgan fingerprint density at radius 1 is 1.22 bits per heavy atom. The van der Waals surface area contributed by atoms with Gasteiger partial charge in [0.15, 0.2) is 0 Å². The smallest absolute Gasteiger partial charge is 0.215 e. The Morgan fingerprint density at radius 3 is 2.78 bits per heavy atom. The lowest BCUT2D eigenvalue weighted by Gasteiger charge is -2.29. The fourth-order valence-electron chi connectivity index (χ4n) is 3.64. The summed E-state index contributed by atoms with van der Waals surface area (Å²) in [6, 6.07) is 10.9. The summed E-state index contributed by atoms with van der Waals surface area (Å²) in [4.78, 5) is 3.97. The zero-order valence-corrected chi connectivity index (χ0v) is 15.6. The Labute approximate surface area is 158 Å². The maximum Gasteiger partial charge on any atom is 0.215 e. The summed E-state index contributed by atoms with van der Waals surface area (Å²) in [7, 11) is 0. The van der Waals surface area contributed by atoms with Gasteiger partial charge in [-0.3, -0.25) is 5.10 Å². The van der Waals surface area contributed by atoms with Crippen molar-refractivity contribution in [3.63, 3.8) is 0 Å². The predicted molar refractivity (Wildman–Crippen MR) is 106 cm³/mol. The average molecular weight is 365 g/mol. The molecule has 0 saturated carbocycles. The molecule has 0 unspecified atom stereocenters. The van der Waals surface area contributed by atoms with Crippen molar-refractivity contribution in [2.24, 2.45) is 5.41 Å². The van der Waals surface area contributed by atoms with Gasteiger partial charge in [-0.05, 0) is 48.4 Å². The third-order valence-corrected chi connectivity index (χ3v) is 5.18. The molecule has 2 aromatic heterocycles. The minimum Gasteiger partial charge on any atom is -0.399 e. The number of hydrogen-bond donors (Lipinski definition) is 3. The highest BCUT2D eigenvalue weighted by Crippen LogP contribution is 2.38. The van der Waals surface area contributed by atoms with Crippen molar-refractivity contribution in [1.82, 2.24) is 15.2 Å². The van der Waals surface area contributed by atoms with E-state index in [-0.39, 0.29) is 5.41 Å². The number of H-pyrrole nitrogens is 1. The molecule has 1 aliphatic rings. The van der Waals surface area contributed by atoms with Crippen LogP contribution in [0.25, 0.3) is 11.3 Å². The second-order valence-electron chi connectivity index (χ2n) is 8.03. The number of anilines is 2. The lowest BCUT2D eigenvalue weighted by Crippen LogP contribution is -2.21. The van der Waals surface area contributed by atoms with Gasteiger partial charge >= 0.3 is 0 Å². The van der Waals surface area contributed by atoms with Gasteiger partial charge < -0.3 is 11.1 Å². The molecule has 2 heterocycles. The fraction of sp³-hybridized carbons (Fsp3) is 0.333. The van der Waals surface area contributed by atoms with Crippen LogP contribution in [0.4, 0.5) is 15.9 Å². The normalized spacial score (nSPS) is 15.4. The maximum absolute atomic E-state index is 14.1. The van der Waals surface area contributed by atoms with Gasteiger partial charge in [0.05, 0.1) is 5.69 Å². The van der Waals surface area contributed by atoms with Crippen molar-refractivity contribution in [1.29, 1.82) is 0 Å². The Bertz CT molecular complexity index is 959. The van der Waals surface area contributed by atoms with Crippen LogP contribution in [-0.4, -0.2) is 15.2 Å². The molecule has 1 aliphatic carbocycles. The second kappa shape index (κ2) is 6.68. The standard InChI is InChI=1S/C21H24FN5/c1-21(2)8-7-16-17(11-21)26-27-20(16)14-9-18(22)25-19(10-14)24-12-13-3-5-15(23)6-4-13/h3-6,9-10H,7-8,11-12,23H2,1-2H3,(H,24,25)(H,26,27). The van der Waals surface area contributed by atoms with Gasteiger partial charge in [-0.1, -0.05) is 26.0 Å². The maximum atomic E-state index is 14.1. The molecule has 0 saturated heterocycles. The van der Waals surface area contributed by atoms with Crippen LogP contribution in [0, 0.1) is 11.4 Å². The number of nitrogen functional groups attached to an aromatic ring is 1. The fourth-order valence-corrected chi connectivity index (χ4v) is 3.64. The van der Waals surface area contributed by atoms with E-state index < -0.39 is 5.95 Å². The van der Waals surface area contributed by atoms with Crippen molar-refractivity contribution in [3.8, 4) is 11.3 Å². The third kappa shape index (κ3) is 3.79. The first-order valence-electron chi connectivity index (χ1n) is 9.22. The van der Waals surface area contributed by atoms with Crippen LogP contribution >= 0.6 is 0 Å². The average Bonchev–Trinajstić information content (AvgIpc) is 3.02. The Kier molecular flexibility index (Phi) is 4.34. The summed E-state index contributed by atoms with van der Waals surface area (Å²) in [6.07, 6.45) is 3.01. The highest BCUT2D eigenvalue weighted by atomic mass is 19.1. The Balaban J connectivity index is 1.58. The predicted octanol–water partition coefficient (Wildman–Crippen LogP) is 4.32. The summed E-state index contributed by atoms with van der Waals surface area (Å²) >= 11 is 0. The Morgan fingerprint density at radius 2 is 2.00 bits per heavy atom. The molecule has 4 N–H and O–H groups in total. The summed E-state index contributed by atoms with van der Waals surface area (Å²) in [6.45, 7) is 5.08. The lowest BCUT2D eigenvalue weighted by molar-refractivity contribution is 0.312. The molecular formula is C21H24FN5. The van der Waals surface area contributed by atoms with Crippen LogP contribution in [0.1, 0.15) is 37.1 Å². The van der Waals surface area contributed by atoms with Crippen molar-refractivity contribution in [2.75, 3.05) is 11.1 Å². The molecule has 3 aromatic rings. The van der Waals surface area contributed by atoms with Gasteiger partial charge in [0.1, 0.15) is 5.82 Å². The number of pyridine rings is 1. The van der Waals surface area contributed by atoms with Crippen molar-refractivity contribution in [2.45, 2.75) is 39.7 Å². The molecule has 6 heteroatoms. The number of aromatic amines is 1. The Hall–Kier alpha value is -2.89. The van der Waals surface area contributed by atoms with Gasteiger partial charge in [-0.25, -0.2) is 4.98 Å². The quantitative estimate of drug-likeness (QED) is 0.475. The van der Waals surface area contributed by atoms with Crippen molar-refractivity contribution >= 4 is 11.5 Å². The van der Waals surface area contributed by atoms with Crippen LogP contribution in [-0.2, 0) is 19.4 Å². The number of nitrogens with two attached hydrogens (primary N) is 1. The van der Waals surface area contributed by atoms with E-state index in [0.717, 1.165) is 47.5 Å². The molecule has 4 rings (SSSR count). The van der Waals surface area contributed by atoms with E-state index in [2.05, 4.69) is 34.3 Å². The number of benzene rings is 1. The van der Waals surface area contributed by atoms with Crippen molar-refractivity contribution < 1.29 is 4.39 Å². The van der Waals surface area contributed by atoms with E-state index in [0.29, 0.717) is 12.4 Å². The summed E-state index contributed by atoms with van der Waals surface area (Å²) in [5.74, 6) is -0.0186. The second-order valence-corrected chi connectivity index (χ2v) is 8.03. The topological polar surface area (TPSA) is 79.6 Å². The number of nitrogens with one attached hydrogen (secondary N) is 2. The molecule has 5 nitrogen and oxygen atoms in total. The molecule has 140 valence electrons. The molecular weight excluding hydrogens is 341 g/mol. The van der Waals surface area contributed by atoms with E-state index in [9.17, 15) is 4.39 Å². The van der Waals surface area contributed by atoms with E-state index in [1.165, 1.54) is 11.6 Å². The highest BCUT2D eigenvalue weighted by molar-refractivity contribution is 5.67. The first-order valence-corrected chi connectivity index (χ1v) is 9.22. The molecule has 27 heavy (non-hydrogen) atoms. The van der Waals surface area contributed by atoms with E-state index in [1.54, 1.807) is 0 Å². The molecule has 0 bridgehead atoms. The van der Waals surface area contributed by atoms with Crippen LogP contribution in [0.2, 0.25) is 0 Å². The number of halogens is 1. The molecule has 0 amide bonds. The SMILES string of the molecule is CC1(C)CCc2c(-c3cc(F)nc(NCc4ccc(N)cc4)c3)n[nH]c2C1. The molecule has 0 fully saturated rings. The molecule has 0 radical (unpaired) electrons. The molecule has 1 aromatic carbocycles. The van der Waals surface area contributed by atoms with E-state index in [4.69, 9.17) is 5.73 Å². The first kappa shape index (κ1) is 17.5. The number of nitrogens with zero attached hydrogens (tertiary/aromatic N) is 2. The van der Waals surface area contributed by atoms with Gasteiger partial charge in [-0.2, -0.15) is 9.49 Å². The third-order valence-electron chi connectivity index (χ3n) is 5.18. The number of aromatic nitrogens is 3. The largest absolute Gasteiger partial charge is 0.399 e.